The second-order valence-electron chi connectivity index (χ2n) is 2.81. The molecule has 0 amide bonds. The molecule has 0 atom stereocenters. The van der Waals surface area contributed by atoms with Gasteiger partial charge in [0.1, 0.15) is 0 Å². The molecule has 4 nitrogen and oxygen atoms in total. The van der Waals surface area contributed by atoms with Crippen molar-refractivity contribution in [2.24, 2.45) is 0 Å². The van der Waals surface area contributed by atoms with Gasteiger partial charge in [0, 0.05) is 5.54 Å². The van der Waals surface area contributed by atoms with Gasteiger partial charge in [0.25, 0.3) is 0 Å². The van der Waals surface area contributed by atoms with Crippen LogP contribution < -0.4 is 34.3 Å². The fraction of sp³-hybridized carbons (Fsp3) is 1.00. The van der Waals surface area contributed by atoms with Gasteiger partial charge in [-0.2, -0.15) is 0 Å². The quantitative estimate of drug-likeness (QED) is 0.338. The van der Waals surface area contributed by atoms with E-state index >= 15 is 0 Å². The van der Waals surface area contributed by atoms with Crippen molar-refractivity contribution in [2.45, 2.75) is 26.3 Å². The average Bonchev–Trinajstić information content (AvgIpc) is 1.14. The maximum Gasteiger partial charge on any atom is 1.00 e. The predicted molar refractivity (Wildman–Crippen MR) is 32.6 cm³/mol. The van der Waals surface area contributed by atoms with Gasteiger partial charge < -0.3 is 4.55 Å². The van der Waals surface area contributed by atoms with Gasteiger partial charge in [0.15, 0.2) is 10.3 Å². The summed E-state index contributed by atoms with van der Waals surface area (Å²) in [6.07, 6.45) is 0. The van der Waals surface area contributed by atoms with E-state index in [1.54, 1.807) is 20.8 Å². The molecular weight excluding hydrogens is 165 g/mol. The molecule has 0 aliphatic rings. The number of nitrogens with one attached hydrogen (secondary N) is 1. The summed E-state index contributed by atoms with van der Waals surface area (Å²) in [6.45, 7) is 4.80. The first-order valence-corrected chi connectivity index (χ1v) is 3.86. The van der Waals surface area contributed by atoms with Crippen LogP contribution in [0.2, 0.25) is 0 Å². The minimum absolute atomic E-state index is 0. The first-order chi connectivity index (χ1) is 3.71. The molecule has 10 heavy (non-hydrogen) atoms. The maximum absolute atomic E-state index is 9.98. The SMILES string of the molecule is CC(C)(C)NS(=O)(=O)[O-].[Na+]. The van der Waals surface area contributed by atoms with Gasteiger partial charge in [-0.25, -0.2) is 13.1 Å². The molecular formula is C4H10NNaO3S. The molecule has 0 fully saturated rings. The third-order valence-corrected chi connectivity index (χ3v) is 1.29. The Labute approximate surface area is 83.6 Å². The van der Waals surface area contributed by atoms with Crippen LogP contribution >= 0.6 is 0 Å². The summed E-state index contributed by atoms with van der Waals surface area (Å²) >= 11 is 0. The molecule has 0 aliphatic heterocycles. The van der Waals surface area contributed by atoms with Crippen molar-refractivity contribution in [3.8, 4) is 0 Å². The summed E-state index contributed by atoms with van der Waals surface area (Å²) < 4.78 is 31.8. The summed E-state index contributed by atoms with van der Waals surface area (Å²) in [7, 11) is -4.28. The molecule has 0 spiro atoms. The van der Waals surface area contributed by atoms with E-state index < -0.39 is 15.8 Å². The van der Waals surface area contributed by atoms with Crippen LogP contribution in [0.3, 0.4) is 0 Å². The van der Waals surface area contributed by atoms with E-state index in [-0.39, 0.29) is 29.6 Å². The molecule has 0 rings (SSSR count). The van der Waals surface area contributed by atoms with Gasteiger partial charge in [0.05, 0.1) is 0 Å². The molecule has 0 radical (unpaired) electrons. The minimum atomic E-state index is -4.28. The van der Waals surface area contributed by atoms with Crippen molar-refractivity contribution in [2.75, 3.05) is 0 Å². The van der Waals surface area contributed by atoms with Crippen LogP contribution in [0.5, 0.6) is 0 Å². The van der Waals surface area contributed by atoms with Crippen LogP contribution in [0.4, 0.5) is 0 Å². The third-order valence-electron chi connectivity index (χ3n) is 0.431. The number of hydrogen-bond donors (Lipinski definition) is 1. The topological polar surface area (TPSA) is 69.2 Å². The zero-order chi connectivity index (χ0) is 7.71. The van der Waals surface area contributed by atoms with E-state index in [1.165, 1.54) is 0 Å². The Bertz CT molecular complexity index is 181. The van der Waals surface area contributed by atoms with Crippen LogP contribution in [0.1, 0.15) is 20.8 Å². The first-order valence-electron chi connectivity index (χ1n) is 2.45. The molecule has 0 unspecified atom stereocenters. The molecule has 0 aromatic carbocycles. The largest absolute Gasteiger partial charge is 1.00 e. The summed E-state index contributed by atoms with van der Waals surface area (Å²) in [5, 5.41) is 0. The van der Waals surface area contributed by atoms with E-state index in [4.69, 9.17) is 0 Å². The van der Waals surface area contributed by atoms with Gasteiger partial charge >= 0.3 is 29.6 Å². The van der Waals surface area contributed by atoms with E-state index in [0.29, 0.717) is 0 Å². The van der Waals surface area contributed by atoms with Gasteiger partial charge in [-0.15, -0.1) is 0 Å². The van der Waals surface area contributed by atoms with Gasteiger partial charge in [-0.1, -0.05) is 0 Å². The molecule has 6 heteroatoms. The summed E-state index contributed by atoms with van der Waals surface area (Å²) in [5.41, 5.74) is -0.666. The van der Waals surface area contributed by atoms with Crippen molar-refractivity contribution in [3.63, 3.8) is 0 Å². The molecule has 0 saturated heterocycles. The zero-order valence-corrected chi connectivity index (χ0v) is 9.45. The number of hydrogen-bond acceptors (Lipinski definition) is 3. The van der Waals surface area contributed by atoms with Crippen LogP contribution in [-0.2, 0) is 10.3 Å². The van der Waals surface area contributed by atoms with E-state index in [1.807, 2.05) is 4.72 Å². The monoisotopic (exact) mass is 175 g/mol. The Balaban J connectivity index is 0. The second kappa shape index (κ2) is 4.04. The average molecular weight is 175 g/mol. The van der Waals surface area contributed by atoms with Gasteiger partial charge in [-0.3, -0.25) is 0 Å². The van der Waals surface area contributed by atoms with Gasteiger partial charge in [-0.05, 0) is 20.8 Å². The van der Waals surface area contributed by atoms with Crippen LogP contribution in [0, 0.1) is 0 Å². The Morgan fingerprint density at radius 3 is 1.60 bits per heavy atom. The van der Waals surface area contributed by atoms with Crippen LogP contribution in [0.25, 0.3) is 0 Å². The Morgan fingerprint density at radius 2 is 1.60 bits per heavy atom. The molecule has 0 bridgehead atoms. The van der Waals surface area contributed by atoms with Crippen molar-refractivity contribution in [1.82, 2.24) is 4.72 Å². The minimum Gasteiger partial charge on any atom is -0.735 e. The molecule has 56 valence electrons. The van der Waals surface area contributed by atoms with Crippen molar-refractivity contribution >= 4 is 10.3 Å². The predicted octanol–water partition coefficient (Wildman–Crippen LogP) is -3.16. The van der Waals surface area contributed by atoms with Crippen molar-refractivity contribution in [3.05, 3.63) is 0 Å². The van der Waals surface area contributed by atoms with Gasteiger partial charge in [0.2, 0.25) is 0 Å². The summed E-state index contributed by atoms with van der Waals surface area (Å²) in [6, 6.07) is 0. The fourth-order valence-electron chi connectivity index (χ4n) is 0.375. The standard InChI is InChI=1S/C4H11NO3S.Na/c1-4(2,3)5-9(6,7)8;/h5H,1-3H3,(H,6,7,8);/q;+1/p-1. The smallest absolute Gasteiger partial charge is 0.735 e. The Hall–Kier alpha value is 0.870. The molecule has 0 aromatic rings. The van der Waals surface area contributed by atoms with E-state index in [0.717, 1.165) is 0 Å². The van der Waals surface area contributed by atoms with Crippen LogP contribution in [0.15, 0.2) is 0 Å². The van der Waals surface area contributed by atoms with E-state index in [2.05, 4.69) is 0 Å². The maximum atomic E-state index is 9.98. The molecule has 0 aromatic heterocycles. The van der Waals surface area contributed by atoms with Crippen LogP contribution in [-0.4, -0.2) is 18.5 Å². The second-order valence-corrected chi connectivity index (χ2v) is 3.92. The Morgan fingerprint density at radius 1 is 1.30 bits per heavy atom. The molecule has 0 aliphatic carbocycles. The van der Waals surface area contributed by atoms with Crippen molar-refractivity contribution in [1.29, 1.82) is 0 Å². The Kier molecular flexibility index (Phi) is 5.43. The molecule has 0 heterocycles. The zero-order valence-electron chi connectivity index (χ0n) is 6.63. The summed E-state index contributed by atoms with van der Waals surface area (Å²) in [4.78, 5) is 0. The fourth-order valence-corrected chi connectivity index (χ4v) is 1.12. The van der Waals surface area contributed by atoms with E-state index in [9.17, 15) is 13.0 Å². The summed E-state index contributed by atoms with van der Waals surface area (Å²) in [5.74, 6) is 0. The van der Waals surface area contributed by atoms with Crippen molar-refractivity contribution < 1.29 is 42.5 Å². The molecule has 1 N–H and O–H groups in total. The third kappa shape index (κ3) is 11.6. The number of rotatable bonds is 1. The molecule has 0 saturated carbocycles. The first kappa shape index (κ1) is 13.5. The normalized spacial score (nSPS) is 12.4.